The summed E-state index contributed by atoms with van der Waals surface area (Å²) in [7, 11) is -4.13. The zero-order valence-electron chi connectivity index (χ0n) is 8.99. The van der Waals surface area contributed by atoms with Gasteiger partial charge in [0.2, 0.25) is 0 Å². The number of aryl methyl sites for hydroxylation is 1. The average Bonchev–Trinajstić information content (AvgIpc) is 1.92. The summed E-state index contributed by atoms with van der Waals surface area (Å²) < 4.78 is 29.8. The van der Waals surface area contributed by atoms with Crippen molar-refractivity contribution in [2.45, 2.75) is 11.8 Å². The summed E-state index contributed by atoms with van der Waals surface area (Å²) in [6.45, 7) is 1.75. The molecule has 0 atom stereocenters. The summed E-state index contributed by atoms with van der Waals surface area (Å²) >= 11 is 5.64. The summed E-state index contributed by atoms with van der Waals surface area (Å²) in [4.78, 5) is -0.182. The molecule has 0 bridgehead atoms. The van der Waals surface area contributed by atoms with Crippen molar-refractivity contribution in [1.29, 1.82) is 0 Å². The summed E-state index contributed by atoms with van der Waals surface area (Å²) in [6.07, 6.45) is 0. The number of benzene rings is 1. The molecule has 0 spiro atoms. The quantitative estimate of drug-likeness (QED) is 0.609. The van der Waals surface area contributed by atoms with Gasteiger partial charge < -0.3 is 2.85 Å². The van der Waals surface area contributed by atoms with Crippen LogP contribution in [0.3, 0.4) is 0 Å². The molecule has 70 valence electrons. The van der Waals surface area contributed by atoms with Crippen LogP contribution in [0.1, 0.15) is 8.42 Å². The van der Waals surface area contributed by atoms with Gasteiger partial charge in [0.05, 0.1) is 4.90 Å². The van der Waals surface area contributed by atoms with E-state index >= 15 is 0 Å². The van der Waals surface area contributed by atoms with Crippen molar-refractivity contribution in [3.8, 4) is 0 Å². The maximum Gasteiger partial charge on any atom is 2.00 e. The van der Waals surface area contributed by atoms with Crippen LogP contribution in [0.2, 0.25) is 5.02 Å². The second-order valence-corrected chi connectivity index (χ2v) is 4.21. The molecule has 0 radical (unpaired) electrons. The number of hydrogen-bond acceptors (Lipinski definition) is 2. The van der Waals surface area contributed by atoms with Gasteiger partial charge in [-0.15, -0.1) is 0 Å². The fourth-order valence-electron chi connectivity index (χ4n) is 0.734. The van der Waals surface area contributed by atoms with Crippen LogP contribution in [-0.4, -0.2) is 50.7 Å². The third-order valence-corrected chi connectivity index (χ3v) is 2.70. The molecule has 0 aliphatic carbocycles. The Kier molecular flexibility index (Phi) is 5.22. The Bertz CT molecular complexity index is 411. The molecule has 0 heterocycles. The Morgan fingerprint density at radius 2 is 2.00 bits per heavy atom. The van der Waals surface area contributed by atoms with Crippen LogP contribution in [-0.2, 0) is 10.1 Å². The minimum Gasteiger partial charge on any atom is -1.00 e. The largest absolute Gasteiger partial charge is 2.00 e. The predicted molar refractivity (Wildman–Crippen MR) is 54.0 cm³/mol. The van der Waals surface area contributed by atoms with E-state index in [4.69, 9.17) is 16.2 Å². The minimum atomic E-state index is -4.13. The van der Waals surface area contributed by atoms with Crippen LogP contribution in [0.25, 0.3) is 0 Å². The Hall–Kier alpha value is 0.680. The van der Waals surface area contributed by atoms with Gasteiger partial charge in [-0.3, -0.25) is 4.55 Å². The van der Waals surface area contributed by atoms with E-state index in [0.717, 1.165) is 5.56 Å². The van der Waals surface area contributed by atoms with Gasteiger partial charge in [0, 0.05) is 5.02 Å². The monoisotopic (exact) mass is 248 g/mol. The standard InChI is InChI=1S/C7H7ClO3S.Ca.2H/c1-5-2-3-6(4-7(5)8)12(9,10)11;;;/h2-4H,1H3,(H,9,10,11);;;/q;+2;2*-1. The van der Waals surface area contributed by atoms with Gasteiger partial charge in [0.1, 0.15) is 0 Å². The Labute approximate surface area is 115 Å². The molecule has 0 saturated carbocycles. The number of rotatable bonds is 1. The minimum absolute atomic E-state index is 0. The van der Waals surface area contributed by atoms with E-state index in [-0.39, 0.29) is 45.5 Å². The maximum absolute atomic E-state index is 10.6. The van der Waals surface area contributed by atoms with E-state index in [1.54, 1.807) is 6.92 Å². The van der Waals surface area contributed by atoms with E-state index in [1.165, 1.54) is 18.2 Å². The van der Waals surface area contributed by atoms with E-state index in [1.807, 2.05) is 0 Å². The molecule has 0 fully saturated rings. The fourth-order valence-corrected chi connectivity index (χ4v) is 1.49. The molecule has 0 unspecified atom stereocenters. The van der Waals surface area contributed by atoms with Gasteiger partial charge in [-0.1, -0.05) is 17.7 Å². The first kappa shape index (κ1) is 13.7. The van der Waals surface area contributed by atoms with Crippen molar-refractivity contribution >= 4 is 59.5 Å². The molecule has 1 aromatic rings. The van der Waals surface area contributed by atoms with E-state index in [9.17, 15) is 8.42 Å². The van der Waals surface area contributed by atoms with Crippen LogP contribution < -0.4 is 0 Å². The third kappa shape index (κ3) is 3.73. The van der Waals surface area contributed by atoms with Crippen LogP contribution in [0.15, 0.2) is 23.1 Å². The summed E-state index contributed by atoms with van der Waals surface area (Å²) in [5.74, 6) is 0. The first-order valence-corrected chi connectivity index (χ1v) is 4.97. The van der Waals surface area contributed by atoms with Crippen molar-refractivity contribution in [3.63, 3.8) is 0 Å². The SMILES string of the molecule is Cc1ccc(S(=O)(=O)O)cc1Cl.[Ca+2].[H-].[H-]. The normalized spacial score (nSPS) is 10.7. The average molecular weight is 249 g/mol. The zero-order valence-corrected chi connectivity index (χ0v) is 10.8. The van der Waals surface area contributed by atoms with Gasteiger partial charge in [0.15, 0.2) is 0 Å². The number of hydrogen-bond donors (Lipinski definition) is 1. The van der Waals surface area contributed by atoms with Gasteiger partial charge in [0.25, 0.3) is 10.1 Å². The summed E-state index contributed by atoms with van der Waals surface area (Å²) in [5.41, 5.74) is 0.768. The smallest absolute Gasteiger partial charge is 1.00 e. The molecular formula is C7H9CaClO3S. The summed E-state index contributed by atoms with van der Waals surface area (Å²) in [6, 6.07) is 4.05. The van der Waals surface area contributed by atoms with Crippen molar-refractivity contribution in [2.75, 3.05) is 0 Å². The molecule has 1 rings (SSSR count). The molecule has 3 nitrogen and oxygen atoms in total. The Morgan fingerprint density at radius 1 is 1.46 bits per heavy atom. The van der Waals surface area contributed by atoms with Crippen molar-refractivity contribution in [1.82, 2.24) is 0 Å². The topological polar surface area (TPSA) is 54.4 Å². The maximum atomic E-state index is 10.6. The molecular weight excluding hydrogens is 240 g/mol. The Balaban J connectivity index is -0.000000480. The molecule has 0 amide bonds. The second-order valence-electron chi connectivity index (χ2n) is 2.39. The first-order valence-electron chi connectivity index (χ1n) is 3.15. The Morgan fingerprint density at radius 3 is 2.38 bits per heavy atom. The predicted octanol–water partition coefficient (Wildman–Crippen LogP) is 1.74. The van der Waals surface area contributed by atoms with E-state index in [2.05, 4.69) is 0 Å². The zero-order chi connectivity index (χ0) is 9.35. The molecule has 1 N–H and O–H groups in total. The van der Waals surface area contributed by atoms with Crippen molar-refractivity contribution in [3.05, 3.63) is 28.8 Å². The van der Waals surface area contributed by atoms with E-state index in [0.29, 0.717) is 5.02 Å². The van der Waals surface area contributed by atoms with Crippen molar-refractivity contribution in [2.24, 2.45) is 0 Å². The van der Waals surface area contributed by atoms with Crippen LogP contribution in [0.4, 0.5) is 0 Å². The molecule has 13 heavy (non-hydrogen) atoms. The molecule has 0 saturated heterocycles. The molecule has 0 aliphatic rings. The molecule has 1 aromatic carbocycles. The van der Waals surface area contributed by atoms with Gasteiger partial charge in [-0.25, -0.2) is 0 Å². The second kappa shape index (κ2) is 4.96. The van der Waals surface area contributed by atoms with Gasteiger partial charge in [-0.2, -0.15) is 8.42 Å². The van der Waals surface area contributed by atoms with Crippen LogP contribution in [0.5, 0.6) is 0 Å². The van der Waals surface area contributed by atoms with Gasteiger partial charge >= 0.3 is 37.7 Å². The number of halogens is 1. The van der Waals surface area contributed by atoms with Crippen molar-refractivity contribution < 1.29 is 15.8 Å². The summed E-state index contributed by atoms with van der Waals surface area (Å²) in [5, 5.41) is 0.324. The van der Waals surface area contributed by atoms with Gasteiger partial charge in [-0.05, 0) is 24.6 Å². The third-order valence-electron chi connectivity index (χ3n) is 1.44. The van der Waals surface area contributed by atoms with Crippen LogP contribution >= 0.6 is 11.6 Å². The first-order chi connectivity index (χ1) is 5.41. The molecule has 0 aliphatic heterocycles. The van der Waals surface area contributed by atoms with E-state index < -0.39 is 10.1 Å². The molecule has 6 heteroatoms. The molecule has 0 aromatic heterocycles. The van der Waals surface area contributed by atoms with Crippen LogP contribution in [0, 0.1) is 6.92 Å². The fraction of sp³-hybridized carbons (Fsp3) is 0.143.